The predicted octanol–water partition coefficient (Wildman–Crippen LogP) is 2.69. The first-order valence-corrected chi connectivity index (χ1v) is 12.7. The Morgan fingerprint density at radius 1 is 1.10 bits per heavy atom. The molecule has 1 aliphatic rings. The Bertz CT molecular complexity index is 1460. The van der Waals surface area contributed by atoms with Crippen LogP contribution < -0.4 is 0 Å². The first kappa shape index (κ1) is 28.0. The van der Waals surface area contributed by atoms with E-state index in [0.717, 1.165) is 0 Å². The van der Waals surface area contributed by atoms with Gasteiger partial charge in [-0.3, -0.25) is 0 Å². The fraction of sp³-hybridized carbons (Fsp3) is 0.393. The number of aromatic nitrogens is 4. The Labute approximate surface area is 228 Å². The highest BCUT2D eigenvalue weighted by Gasteiger charge is 2.47. The Balaban J connectivity index is 1.43. The van der Waals surface area contributed by atoms with Gasteiger partial charge in [-0.2, -0.15) is 0 Å². The molecule has 1 unspecified atom stereocenters. The van der Waals surface area contributed by atoms with Gasteiger partial charge in [0.25, 0.3) is 0 Å². The number of aliphatic hydroxyl groups is 3. The van der Waals surface area contributed by atoms with E-state index in [1.165, 1.54) is 37.0 Å². The van der Waals surface area contributed by atoms with Gasteiger partial charge < -0.3 is 29.3 Å². The number of methoxy groups -OCH3 is 1. The lowest BCUT2D eigenvalue weighted by molar-refractivity contribution is -0.212. The van der Waals surface area contributed by atoms with Gasteiger partial charge in [-0.05, 0) is 31.0 Å². The van der Waals surface area contributed by atoms with Crippen molar-refractivity contribution in [2.24, 2.45) is 0 Å². The zero-order chi connectivity index (χ0) is 28.6. The summed E-state index contributed by atoms with van der Waals surface area (Å²) in [5, 5.41) is 44.3. The van der Waals surface area contributed by atoms with E-state index < -0.39 is 54.3 Å². The topological polar surface area (TPSA) is 136 Å². The lowest BCUT2D eigenvalue weighted by Gasteiger charge is -2.43. The standard InChI is InChI=1S/C28H30F2N4O6/c1-15-9-10-18(24(30)23(15)29)19-13-34(33-31-19)25-26(36)21(14-35)39-20(27(25)38-3)11-17-12-22(40-32-17)28(2,37)16-7-5-4-6-8-16/h4-10,12-13,20-21,25-27,35-37H,11,14H2,1-3H3/t20-,21-,25+,26+,27+,28?/m1/s1. The molecule has 212 valence electrons. The van der Waals surface area contributed by atoms with Crippen molar-refractivity contribution in [1.29, 1.82) is 0 Å². The molecule has 40 heavy (non-hydrogen) atoms. The lowest BCUT2D eigenvalue weighted by atomic mass is 9.89. The van der Waals surface area contributed by atoms with Crippen LogP contribution in [0.15, 0.2) is 59.3 Å². The molecule has 10 nitrogen and oxygen atoms in total. The number of nitrogens with zero attached hydrogens (tertiary/aromatic N) is 4. The minimum Gasteiger partial charge on any atom is -0.394 e. The van der Waals surface area contributed by atoms with Crippen LogP contribution in [0, 0.1) is 18.6 Å². The summed E-state index contributed by atoms with van der Waals surface area (Å²) in [4.78, 5) is 0. The maximum Gasteiger partial charge on any atom is 0.172 e. The molecule has 0 bridgehead atoms. The third-order valence-electron chi connectivity index (χ3n) is 7.39. The van der Waals surface area contributed by atoms with E-state index in [1.54, 1.807) is 37.3 Å². The fourth-order valence-corrected chi connectivity index (χ4v) is 5.07. The van der Waals surface area contributed by atoms with Crippen molar-refractivity contribution in [3.63, 3.8) is 0 Å². The number of benzene rings is 2. The van der Waals surface area contributed by atoms with Crippen molar-refractivity contribution < 1.29 is 38.1 Å². The summed E-state index contributed by atoms with van der Waals surface area (Å²) in [7, 11) is 1.43. The molecule has 0 radical (unpaired) electrons. The summed E-state index contributed by atoms with van der Waals surface area (Å²) in [5.74, 6) is -1.81. The van der Waals surface area contributed by atoms with Crippen molar-refractivity contribution in [2.75, 3.05) is 13.7 Å². The number of aliphatic hydroxyl groups excluding tert-OH is 2. The number of hydrogen-bond acceptors (Lipinski definition) is 9. The molecular formula is C28H30F2N4O6. The molecule has 12 heteroatoms. The highest BCUT2D eigenvalue weighted by molar-refractivity contribution is 5.59. The molecule has 2 aromatic carbocycles. The van der Waals surface area contributed by atoms with Crippen LogP contribution in [-0.4, -0.2) is 73.6 Å². The lowest BCUT2D eigenvalue weighted by Crippen LogP contribution is -2.57. The minimum absolute atomic E-state index is 0.0614. The van der Waals surface area contributed by atoms with E-state index in [0.29, 0.717) is 11.3 Å². The maximum atomic E-state index is 14.6. The molecule has 1 saturated heterocycles. The second-order valence-corrected chi connectivity index (χ2v) is 10.0. The number of hydrogen-bond donors (Lipinski definition) is 3. The molecule has 1 fully saturated rings. The summed E-state index contributed by atoms with van der Waals surface area (Å²) in [6.07, 6.45) is -2.31. The fourth-order valence-electron chi connectivity index (χ4n) is 5.07. The van der Waals surface area contributed by atoms with Gasteiger partial charge in [0.2, 0.25) is 0 Å². The van der Waals surface area contributed by atoms with Crippen molar-refractivity contribution in [3.05, 3.63) is 88.9 Å². The summed E-state index contributed by atoms with van der Waals surface area (Å²) in [5.41, 5.74) is -0.234. The largest absolute Gasteiger partial charge is 0.394 e. The van der Waals surface area contributed by atoms with Gasteiger partial charge in [-0.1, -0.05) is 46.8 Å². The van der Waals surface area contributed by atoms with E-state index in [-0.39, 0.29) is 29.0 Å². The first-order chi connectivity index (χ1) is 19.1. The van der Waals surface area contributed by atoms with Gasteiger partial charge in [0.05, 0.1) is 24.6 Å². The van der Waals surface area contributed by atoms with Gasteiger partial charge in [-0.15, -0.1) is 5.10 Å². The molecule has 2 aromatic heterocycles. The molecule has 3 N–H and O–H groups in total. The molecular weight excluding hydrogens is 526 g/mol. The van der Waals surface area contributed by atoms with Crippen molar-refractivity contribution in [3.8, 4) is 11.3 Å². The van der Waals surface area contributed by atoms with Gasteiger partial charge in [0, 0.05) is 25.2 Å². The van der Waals surface area contributed by atoms with Crippen LogP contribution in [0.5, 0.6) is 0 Å². The average molecular weight is 557 g/mol. The second-order valence-electron chi connectivity index (χ2n) is 10.0. The second kappa shape index (κ2) is 11.1. The average Bonchev–Trinajstić information content (AvgIpc) is 3.63. The monoisotopic (exact) mass is 556 g/mol. The Morgan fingerprint density at radius 2 is 1.85 bits per heavy atom. The van der Waals surface area contributed by atoms with E-state index >= 15 is 0 Å². The molecule has 1 aliphatic heterocycles. The molecule has 3 heterocycles. The van der Waals surface area contributed by atoms with Gasteiger partial charge in [0.15, 0.2) is 17.4 Å². The van der Waals surface area contributed by atoms with Crippen molar-refractivity contribution in [1.82, 2.24) is 20.2 Å². The van der Waals surface area contributed by atoms with Crippen LogP contribution in [0.2, 0.25) is 0 Å². The first-order valence-electron chi connectivity index (χ1n) is 12.7. The van der Waals surface area contributed by atoms with Crippen LogP contribution in [0.25, 0.3) is 11.3 Å². The van der Waals surface area contributed by atoms with Gasteiger partial charge >= 0.3 is 0 Å². The highest BCUT2D eigenvalue weighted by atomic mass is 19.2. The molecule has 0 amide bonds. The number of ether oxygens (including phenoxy) is 2. The predicted molar refractivity (Wildman–Crippen MR) is 137 cm³/mol. The van der Waals surface area contributed by atoms with Gasteiger partial charge in [0.1, 0.15) is 35.6 Å². The Kier molecular flexibility index (Phi) is 7.80. The van der Waals surface area contributed by atoms with Crippen LogP contribution in [0.1, 0.15) is 35.5 Å². The molecule has 0 spiro atoms. The van der Waals surface area contributed by atoms with Gasteiger partial charge in [-0.25, -0.2) is 13.5 Å². The molecule has 5 rings (SSSR count). The smallest absolute Gasteiger partial charge is 0.172 e. The normalized spacial score (nSPS) is 24.6. The minimum atomic E-state index is -1.44. The molecule has 6 atom stereocenters. The third-order valence-corrected chi connectivity index (χ3v) is 7.39. The quantitative estimate of drug-likeness (QED) is 0.299. The maximum absolute atomic E-state index is 14.6. The number of halogens is 2. The number of aryl methyl sites for hydroxylation is 1. The van der Waals surface area contributed by atoms with E-state index in [4.69, 9.17) is 14.0 Å². The van der Waals surface area contributed by atoms with Crippen LogP contribution in [-0.2, 0) is 21.5 Å². The third kappa shape index (κ3) is 5.04. The van der Waals surface area contributed by atoms with E-state index in [1.807, 2.05) is 6.07 Å². The summed E-state index contributed by atoms with van der Waals surface area (Å²) < 4.78 is 47.3. The van der Waals surface area contributed by atoms with Crippen molar-refractivity contribution >= 4 is 0 Å². The summed E-state index contributed by atoms with van der Waals surface area (Å²) >= 11 is 0. The SMILES string of the molecule is CO[C@@H]1[C@@H](n2cc(-c3ccc(C)c(F)c3F)nn2)[C@@H](O)[C@@H](CO)O[C@@H]1Cc1cc(C(C)(O)c2ccccc2)on1. The van der Waals surface area contributed by atoms with E-state index in [9.17, 15) is 24.1 Å². The zero-order valence-electron chi connectivity index (χ0n) is 22.1. The molecule has 0 aliphatic carbocycles. The van der Waals surface area contributed by atoms with Crippen molar-refractivity contribution in [2.45, 2.75) is 56.3 Å². The molecule has 0 saturated carbocycles. The van der Waals surface area contributed by atoms with Crippen LogP contribution in [0.3, 0.4) is 0 Å². The van der Waals surface area contributed by atoms with Crippen LogP contribution >= 0.6 is 0 Å². The summed E-state index contributed by atoms with van der Waals surface area (Å²) in [6.45, 7) is 2.55. The Hall–Kier alpha value is -3.55. The van der Waals surface area contributed by atoms with Crippen LogP contribution in [0.4, 0.5) is 8.78 Å². The summed E-state index contributed by atoms with van der Waals surface area (Å²) in [6, 6.07) is 12.5. The number of rotatable bonds is 8. The zero-order valence-corrected chi connectivity index (χ0v) is 22.1. The molecule has 4 aromatic rings. The highest BCUT2D eigenvalue weighted by Crippen LogP contribution is 2.35. The Morgan fingerprint density at radius 3 is 2.55 bits per heavy atom. The van der Waals surface area contributed by atoms with E-state index in [2.05, 4.69) is 15.5 Å².